The molecule has 1 atom stereocenters. The quantitative estimate of drug-likeness (QED) is 0.414. The van der Waals surface area contributed by atoms with E-state index in [4.69, 9.17) is 15.2 Å². The minimum atomic E-state index is -0.376. The number of rotatable bonds is 8. The number of benzene rings is 1. The van der Waals surface area contributed by atoms with E-state index in [-0.39, 0.29) is 23.6 Å². The normalized spacial score (nSPS) is 20.0. The lowest BCUT2D eigenvalue weighted by Crippen LogP contribution is -2.34. The van der Waals surface area contributed by atoms with Crippen LogP contribution < -0.4 is 30.7 Å². The molecule has 2 saturated heterocycles. The predicted molar refractivity (Wildman–Crippen MR) is 118 cm³/mol. The lowest BCUT2D eigenvalue weighted by Gasteiger charge is -2.23. The molecule has 29 heavy (non-hydrogen) atoms. The van der Waals surface area contributed by atoms with Crippen molar-refractivity contribution in [3.63, 3.8) is 0 Å². The first-order valence-electron chi connectivity index (χ1n) is 9.25. The molecular formula is C19H27ClN4O4S. The summed E-state index contributed by atoms with van der Waals surface area (Å²) < 4.78 is 10.9. The van der Waals surface area contributed by atoms with Crippen LogP contribution in [0.2, 0.25) is 0 Å². The summed E-state index contributed by atoms with van der Waals surface area (Å²) in [5.74, 6) is 0.821. The van der Waals surface area contributed by atoms with Gasteiger partial charge in [0.2, 0.25) is 0 Å². The summed E-state index contributed by atoms with van der Waals surface area (Å²) in [5.41, 5.74) is 7.33. The van der Waals surface area contributed by atoms with E-state index < -0.39 is 0 Å². The van der Waals surface area contributed by atoms with E-state index in [1.165, 1.54) is 0 Å². The van der Waals surface area contributed by atoms with Gasteiger partial charge in [-0.25, -0.2) is 0 Å². The number of anilines is 1. The molecule has 8 nitrogen and oxygen atoms in total. The molecule has 160 valence electrons. The molecule has 10 heteroatoms. The van der Waals surface area contributed by atoms with Crippen molar-refractivity contribution in [1.29, 1.82) is 0 Å². The van der Waals surface area contributed by atoms with Crippen molar-refractivity contribution in [2.45, 2.75) is 18.9 Å². The Morgan fingerprint density at radius 1 is 1.31 bits per heavy atom. The molecule has 0 bridgehead atoms. The van der Waals surface area contributed by atoms with Gasteiger partial charge in [-0.1, -0.05) is 0 Å². The maximum absolute atomic E-state index is 12.0. The number of nitrogens with two attached hydrogens (primary N) is 1. The van der Waals surface area contributed by atoms with E-state index in [2.05, 4.69) is 15.5 Å². The van der Waals surface area contributed by atoms with Crippen LogP contribution >= 0.6 is 24.2 Å². The average Bonchev–Trinajstić information content (AvgIpc) is 3.27. The minimum Gasteiger partial charge on any atom is -0.493 e. The summed E-state index contributed by atoms with van der Waals surface area (Å²) in [6.45, 7) is 3.30. The van der Waals surface area contributed by atoms with Crippen molar-refractivity contribution in [2.75, 3.05) is 45.3 Å². The Labute approximate surface area is 181 Å². The number of hydrogen-bond donors (Lipinski definition) is 3. The molecule has 1 unspecified atom stereocenters. The highest BCUT2D eigenvalue weighted by molar-refractivity contribution is 8.18. The molecule has 2 aliphatic heterocycles. The van der Waals surface area contributed by atoms with Crippen LogP contribution in [0.25, 0.3) is 6.08 Å². The smallest absolute Gasteiger partial charge is 0.290 e. The van der Waals surface area contributed by atoms with Crippen molar-refractivity contribution in [1.82, 2.24) is 10.6 Å². The largest absolute Gasteiger partial charge is 0.493 e. The maximum Gasteiger partial charge on any atom is 0.290 e. The first-order valence-corrected chi connectivity index (χ1v) is 10.1. The fourth-order valence-corrected chi connectivity index (χ4v) is 4.06. The van der Waals surface area contributed by atoms with Gasteiger partial charge in [-0.05, 0) is 49.8 Å². The van der Waals surface area contributed by atoms with Crippen LogP contribution in [0.15, 0.2) is 17.0 Å². The molecule has 2 heterocycles. The van der Waals surface area contributed by atoms with E-state index in [1.807, 2.05) is 12.1 Å². The SMILES string of the molecule is COc1cc(/C=C2/SC(=O)NC2=O)c(N2CCC(NCCCN)C2)cc1OC.Cl. The number of carbonyl (C=O) groups is 2. The second-order valence-corrected chi connectivity index (χ2v) is 7.66. The number of carbonyl (C=O) groups excluding carboxylic acids is 2. The third-order valence-corrected chi connectivity index (χ3v) is 5.61. The number of methoxy groups -OCH3 is 2. The van der Waals surface area contributed by atoms with Gasteiger partial charge in [-0.2, -0.15) is 0 Å². The fraction of sp³-hybridized carbons (Fsp3) is 0.474. The number of amides is 2. The van der Waals surface area contributed by atoms with Crippen molar-refractivity contribution in [3.05, 3.63) is 22.6 Å². The van der Waals surface area contributed by atoms with Gasteiger partial charge in [-0.15, -0.1) is 12.4 Å². The summed E-state index contributed by atoms with van der Waals surface area (Å²) in [6, 6.07) is 4.14. The van der Waals surface area contributed by atoms with Gasteiger partial charge >= 0.3 is 0 Å². The van der Waals surface area contributed by atoms with Crippen LogP contribution in [0.1, 0.15) is 18.4 Å². The highest BCUT2D eigenvalue weighted by Gasteiger charge is 2.28. The van der Waals surface area contributed by atoms with Gasteiger partial charge in [0, 0.05) is 36.4 Å². The van der Waals surface area contributed by atoms with Crippen LogP contribution in [0.3, 0.4) is 0 Å². The Balaban J connectivity index is 0.00000300. The van der Waals surface area contributed by atoms with E-state index in [0.29, 0.717) is 29.0 Å². The van der Waals surface area contributed by atoms with Gasteiger partial charge in [-0.3, -0.25) is 14.9 Å². The second kappa shape index (κ2) is 10.7. The third-order valence-electron chi connectivity index (χ3n) is 4.80. The molecule has 0 spiro atoms. The number of nitrogens with zero attached hydrogens (tertiary/aromatic N) is 1. The van der Waals surface area contributed by atoms with E-state index >= 15 is 0 Å². The highest BCUT2D eigenvalue weighted by atomic mass is 35.5. The van der Waals surface area contributed by atoms with Gasteiger partial charge in [0.1, 0.15) is 0 Å². The summed E-state index contributed by atoms with van der Waals surface area (Å²) in [4.78, 5) is 26.1. The lowest BCUT2D eigenvalue weighted by molar-refractivity contribution is -0.115. The minimum absolute atomic E-state index is 0. The average molecular weight is 443 g/mol. The summed E-state index contributed by atoms with van der Waals surface area (Å²) >= 11 is 0.904. The van der Waals surface area contributed by atoms with Crippen LogP contribution in [0.5, 0.6) is 11.5 Å². The monoisotopic (exact) mass is 442 g/mol. The topological polar surface area (TPSA) is 106 Å². The Kier molecular flexibility index (Phi) is 8.63. The molecule has 2 aliphatic rings. The van der Waals surface area contributed by atoms with E-state index in [1.54, 1.807) is 20.3 Å². The van der Waals surface area contributed by atoms with Crippen molar-refractivity contribution in [3.8, 4) is 11.5 Å². The van der Waals surface area contributed by atoms with Crippen molar-refractivity contribution in [2.24, 2.45) is 5.73 Å². The third kappa shape index (κ3) is 5.57. The Hall–Kier alpha value is -1.94. The maximum atomic E-state index is 12.0. The van der Waals surface area contributed by atoms with Gasteiger partial charge < -0.3 is 25.4 Å². The fourth-order valence-electron chi connectivity index (χ4n) is 3.39. The number of hydrogen-bond acceptors (Lipinski definition) is 8. The van der Waals surface area contributed by atoms with Crippen LogP contribution in [-0.2, 0) is 4.79 Å². The van der Waals surface area contributed by atoms with Crippen LogP contribution in [0.4, 0.5) is 10.5 Å². The van der Waals surface area contributed by atoms with E-state index in [0.717, 1.165) is 55.5 Å². The number of thioether (sulfide) groups is 1. The predicted octanol–water partition coefficient (Wildman–Crippen LogP) is 1.97. The Bertz CT molecular complexity index is 790. The molecule has 0 saturated carbocycles. The summed E-state index contributed by atoms with van der Waals surface area (Å²) in [7, 11) is 3.17. The molecule has 4 N–H and O–H groups in total. The number of nitrogens with one attached hydrogen (secondary N) is 2. The first kappa shape index (κ1) is 23.3. The number of imide groups is 1. The zero-order chi connectivity index (χ0) is 20.1. The molecule has 1 aromatic rings. The molecule has 0 aliphatic carbocycles. The van der Waals surface area contributed by atoms with Crippen LogP contribution in [-0.4, -0.2) is 57.6 Å². The summed E-state index contributed by atoms with van der Waals surface area (Å²) in [6.07, 6.45) is 3.70. The number of halogens is 1. The molecule has 0 aromatic heterocycles. The summed E-state index contributed by atoms with van der Waals surface area (Å²) in [5, 5.41) is 5.47. The zero-order valence-electron chi connectivity index (χ0n) is 16.5. The zero-order valence-corrected chi connectivity index (χ0v) is 18.2. The molecule has 2 amide bonds. The van der Waals surface area contributed by atoms with Gasteiger partial charge in [0.15, 0.2) is 11.5 Å². The molecule has 2 fully saturated rings. The molecule has 3 rings (SSSR count). The molecule has 0 radical (unpaired) electrons. The lowest BCUT2D eigenvalue weighted by atomic mass is 10.1. The Morgan fingerprint density at radius 3 is 2.66 bits per heavy atom. The van der Waals surface area contributed by atoms with Gasteiger partial charge in [0.05, 0.1) is 19.1 Å². The number of ether oxygens (including phenoxy) is 2. The second-order valence-electron chi connectivity index (χ2n) is 6.65. The Morgan fingerprint density at radius 2 is 2.03 bits per heavy atom. The van der Waals surface area contributed by atoms with Crippen molar-refractivity contribution >= 4 is 47.1 Å². The molecule has 1 aromatic carbocycles. The highest BCUT2D eigenvalue weighted by Crippen LogP contribution is 2.39. The van der Waals surface area contributed by atoms with Crippen molar-refractivity contribution < 1.29 is 19.1 Å². The standard InChI is InChI=1S/C19H26N4O4S.ClH/c1-26-15-8-12(9-17-18(24)22-19(25)28-17)14(10-16(15)27-2)23-7-4-13(11-23)21-6-3-5-20;/h8-10,13,21H,3-7,11,20H2,1-2H3,(H,22,24,25);1H/b17-9+;. The van der Waals surface area contributed by atoms with Crippen LogP contribution in [0, 0.1) is 0 Å². The molecular weight excluding hydrogens is 416 g/mol. The van der Waals surface area contributed by atoms with E-state index in [9.17, 15) is 9.59 Å². The van der Waals surface area contributed by atoms with Gasteiger partial charge in [0.25, 0.3) is 11.1 Å². The first-order chi connectivity index (χ1) is 13.5.